The summed E-state index contributed by atoms with van der Waals surface area (Å²) >= 11 is 1.47. The van der Waals surface area contributed by atoms with Crippen molar-refractivity contribution in [3.8, 4) is 0 Å². The smallest absolute Gasteiger partial charge is 0.263 e. The van der Waals surface area contributed by atoms with E-state index in [9.17, 15) is 8.42 Å². The number of nitrogens with one attached hydrogen (secondary N) is 1. The Morgan fingerprint density at radius 3 is 2.72 bits per heavy atom. The maximum Gasteiger partial charge on any atom is 0.263 e. The Balaban J connectivity index is 2.28. The predicted molar refractivity (Wildman–Crippen MR) is 71.1 cm³/mol. The first-order valence-corrected chi connectivity index (χ1v) is 7.75. The lowest BCUT2D eigenvalue weighted by molar-refractivity contribution is 0.242. The molecule has 0 fully saturated rings. The Morgan fingerprint density at radius 2 is 2.06 bits per heavy atom. The number of sulfonamides is 1. The fourth-order valence-corrected chi connectivity index (χ4v) is 3.83. The van der Waals surface area contributed by atoms with E-state index >= 15 is 0 Å². The van der Waals surface area contributed by atoms with Crippen LogP contribution in [0.25, 0.3) is 0 Å². The Morgan fingerprint density at radius 1 is 1.28 bits per heavy atom. The summed E-state index contributed by atoms with van der Waals surface area (Å²) in [5.74, 6) is 0. The van der Waals surface area contributed by atoms with E-state index in [0.717, 1.165) is 6.42 Å². The van der Waals surface area contributed by atoms with Gasteiger partial charge in [0, 0.05) is 10.1 Å². The largest absolute Gasteiger partial charge is 0.302 e. The van der Waals surface area contributed by atoms with Crippen LogP contribution in [0.3, 0.4) is 0 Å². The van der Waals surface area contributed by atoms with Gasteiger partial charge in [0.1, 0.15) is 0 Å². The van der Waals surface area contributed by atoms with Crippen LogP contribution in [0.4, 0.5) is 0 Å². The van der Waals surface area contributed by atoms with Crippen LogP contribution in [0.2, 0.25) is 0 Å². The van der Waals surface area contributed by atoms with Gasteiger partial charge in [0.15, 0.2) is 0 Å². The van der Waals surface area contributed by atoms with Crippen LogP contribution in [-0.2, 0) is 10.0 Å². The molecule has 1 atom stereocenters. The van der Waals surface area contributed by atoms with E-state index in [1.54, 1.807) is 18.2 Å². The van der Waals surface area contributed by atoms with Crippen molar-refractivity contribution in [3.05, 3.63) is 48.6 Å². The second-order valence-corrected chi connectivity index (χ2v) is 6.66. The minimum absolute atomic E-state index is 0.0976. The van der Waals surface area contributed by atoms with Gasteiger partial charge in [-0.3, -0.25) is 0 Å². The van der Waals surface area contributed by atoms with Gasteiger partial charge in [0.25, 0.3) is 10.0 Å². The van der Waals surface area contributed by atoms with E-state index in [1.165, 1.54) is 22.7 Å². The number of benzene rings is 1. The molecule has 0 saturated carbocycles. The van der Waals surface area contributed by atoms with E-state index < -0.39 is 10.0 Å². The maximum absolute atomic E-state index is 11.7. The number of rotatable bonds is 4. The summed E-state index contributed by atoms with van der Waals surface area (Å²) in [5, 5.41) is 8.92. The highest BCUT2D eigenvalue weighted by atomic mass is 32.2. The summed E-state index contributed by atoms with van der Waals surface area (Å²) in [5.41, 5.74) is 0. The molecule has 2 N–H and O–H groups in total. The molecule has 4 nitrogen and oxygen atoms in total. The van der Waals surface area contributed by atoms with Crippen LogP contribution in [0.15, 0.2) is 58.4 Å². The molecule has 2 rings (SSSR count). The summed E-state index contributed by atoms with van der Waals surface area (Å²) in [6.45, 7) is 0. The highest BCUT2D eigenvalue weighted by molar-refractivity contribution is 8.00. The number of hydrogen-bond donors (Lipinski definition) is 2. The molecule has 96 valence electrons. The summed E-state index contributed by atoms with van der Waals surface area (Å²) < 4.78 is 23.3. The average molecular weight is 283 g/mol. The predicted octanol–water partition coefficient (Wildman–Crippen LogP) is 2.33. The summed E-state index contributed by atoms with van der Waals surface area (Å²) in [4.78, 5) is 2.09. The molecule has 0 spiro atoms. The van der Waals surface area contributed by atoms with E-state index in [1.807, 2.05) is 24.3 Å². The second-order valence-electron chi connectivity index (χ2n) is 3.75. The number of hydrogen-bond acceptors (Lipinski definition) is 4. The van der Waals surface area contributed by atoms with Crippen molar-refractivity contribution in [2.45, 2.75) is 21.5 Å². The fourth-order valence-electron chi connectivity index (χ4n) is 1.63. The third-order valence-electron chi connectivity index (χ3n) is 2.48. The van der Waals surface area contributed by atoms with Crippen molar-refractivity contribution in [2.24, 2.45) is 0 Å². The molecule has 1 unspecified atom stereocenters. The van der Waals surface area contributed by atoms with Gasteiger partial charge in [-0.1, -0.05) is 41.3 Å². The molecular weight excluding hydrogens is 270 g/mol. The fraction of sp³-hybridized carbons (Fsp3) is 0.167. The van der Waals surface area contributed by atoms with Crippen LogP contribution in [-0.4, -0.2) is 18.9 Å². The van der Waals surface area contributed by atoms with Crippen LogP contribution in [0, 0.1) is 0 Å². The average Bonchev–Trinajstić information content (AvgIpc) is 2.40. The van der Waals surface area contributed by atoms with Gasteiger partial charge in [-0.25, -0.2) is 8.42 Å². The zero-order valence-corrected chi connectivity index (χ0v) is 11.1. The lowest BCUT2D eigenvalue weighted by Gasteiger charge is -2.15. The molecule has 0 aromatic heterocycles. The third kappa shape index (κ3) is 3.02. The Hall–Kier alpha value is -1.08. The first-order chi connectivity index (χ1) is 8.63. The first-order valence-electron chi connectivity index (χ1n) is 5.38. The maximum atomic E-state index is 11.7. The van der Waals surface area contributed by atoms with E-state index in [2.05, 4.69) is 0 Å². The molecule has 0 heterocycles. The normalized spacial score (nSPS) is 19.1. The standard InChI is InChI=1S/C12H13NO3S2/c14-13-18(15,16)12-9-5-4-8-11(12)17-10-6-2-1-3-7-10/h1-6,8-10,13-14H,7H2. The van der Waals surface area contributed by atoms with Gasteiger partial charge in [-0.05, 0) is 18.6 Å². The molecule has 1 aliphatic carbocycles. The highest BCUT2D eigenvalue weighted by Crippen LogP contribution is 2.32. The summed E-state index contributed by atoms with van der Waals surface area (Å²) in [6.07, 6.45) is 8.85. The minimum Gasteiger partial charge on any atom is -0.302 e. The van der Waals surface area contributed by atoms with Crippen molar-refractivity contribution in [3.63, 3.8) is 0 Å². The number of allylic oxidation sites excluding steroid dienone is 3. The van der Waals surface area contributed by atoms with Gasteiger partial charge >= 0.3 is 0 Å². The van der Waals surface area contributed by atoms with Crippen molar-refractivity contribution < 1.29 is 13.6 Å². The Bertz CT molecular complexity index is 579. The molecule has 0 aliphatic heterocycles. The molecule has 0 amide bonds. The zero-order chi connectivity index (χ0) is 13.0. The molecular formula is C12H13NO3S2. The van der Waals surface area contributed by atoms with Crippen molar-refractivity contribution in [2.75, 3.05) is 0 Å². The monoisotopic (exact) mass is 283 g/mol. The van der Waals surface area contributed by atoms with Crippen molar-refractivity contribution in [1.82, 2.24) is 4.89 Å². The zero-order valence-electron chi connectivity index (χ0n) is 9.48. The van der Waals surface area contributed by atoms with Crippen molar-refractivity contribution >= 4 is 21.8 Å². The van der Waals surface area contributed by atoms with E-state index in [4.69, 9.17) is 5.21 Å². The third-order valence-corrected chi connectivity index (χ3v) is 5.05. The van der Waals surface area contributed by atoms with Crippen LogP contribution < -0.4 is 4.89 Å². The van der Waals surface area contributed by atoms with Gasteiger partial charge in [0.2, 0.25) is 0 Å². The van der Waals surface area contributed by atoms with Gasteiger partial charge in [0.05, 0.1) is 4.90 Å². The molecule has 0 radical (unpaired) electrons. The van der Waals surface area contributed by atoms with Crippen LogP contribution in [0.1, 0.15) is 6.42 Å². The molecule has 1 aromatic rings. The molecule has 1 aliphatic rings. The van der Waals surface area contributed by atoms with Gasteiger partial charge in [-0.2, -0.15) is 0 Å². The Kier molecular flexibility index (Phi) is 4.23. The SMILES string of the molecule is O=S(=O)(NO)c1ccccc1SC1C=CC=CC1. The molecule has 6 heteroatoms. The molecule has 18 heavy (non-hydrogen) atoms. The van der Waals surface area contributed by atoms with Gasteiger partial charge < -0.3 is 5.21 Å². The van der Waals surface area contributed by atoms with Crippen molar-refractivity contribution in [1.29, 1.82) is 0 Å². The van der Waals surface area contributed by atoms with E-state index in [0.29, 0.717) is 4.90 Å². The topological polar surface area (TPSA) is 66.4 Å². The lowest BCUT2D eigenvalue weighted by Crippen LogP contribution is -2.20. The number of thioether (sulfide) groups is 1. The lowest BCUT2D eigenvalue weighted by atomic mass is 10.2. The quantitative estimate of drug-likeness (QED) is 0.832. The summed E-state index contributed by atoms with van der Waals surface area (Å²) in [7, 11) is -3.84. The second kappa shape index (κ2) is 5.71. The van der Waals surface area contributed by atoms with Crippen LogP contribution >= 0.6 is 11.8 Å². The van der Waals surface area contributed by atoms with E-state index in [-0.39, 0.29) is 10.1 Å². The molecule has 0 saturated heterocycles. The first kappa shape index (κ1) is 13.4. The van der Waals surface area contributed by atoms with Gasteiger partial charge in [-0.15, -0.1) is 11.8 Å². The highest BCUT2D eigenvalue weighted by Gasteiger charge is 2.19. The summed E-state index contributed by atoms with van der Waals surface area (Å²) in [6, 6.07) is 6.62. The van der Waals surface area contributed by atoms with Crippen LogP contribution in [0.5, 0.6) is 0 Å². The molecule has 1 aromatic carbocycles. The Labute approximate surface area is 110 Å². The molecule has 0 bridgehead atoms. The minimum atomic E-state index is -3.84.